The zero-order chi connectivity index (χ0) is 19.1. The summed E-state index contributed by atoms with van der Waals surface area (Å²) in [5.74, 6) is -0.617. The smallest absolute Gasteiger partial charge is 0.321 e. The number of halogens is 1. The van der Waals surface area contributed by atoms with Crippen molar-refractivity contribution in [2.75, 3.05) is 6.54 Å². The van der Waals surface area contributed by atoms with Crippen molar-refractivity contribution in [1.29, 1.82) is 0 Å². The fraction of sp³-hybridized carbons (Fsp3) is 0.176. The number of carbonyl (C=O) groups is 2. The van der Waals surface area contributed by atoms with E-state index in [1.54, 1.807) is 37.3 Å². The third kappa shape index (κ3) is 4.93. The molecule has 2 N–H and O–H groups in total. The molecule has 3 amide bonds. The minimum absolute atomic E-state index is 0.0223. The second-order valence-electron chi connectivity index (χ2n) is 5.13. The topological polar surface area (TPSA) is 111 Å². The van der Waals surface area contributed by atoms with Gasteiger partial charge >= 0.3 is 6.03 Å². The maximum absolute atomic E-state index is 12.5. The van der Waals surface area contributed by atoms with E-state index in [1.165, 1.54) is 12.1 Å². The Hall–Kier alpha value is -3.13. The summed E-state index contributed by atoms with van der Waals surface area (Å²) in [5.41, 5.74) is 0.286. The van der Waals surface area contributed by atoms with Crippen molar-refractivity contribution in [3.05, 3.63) is 69.2 Å². The second-order valence-corrected chi connectivity index (χ2v) is 5.54. The van der Waals surface area contributed by atoms with Crippen LogP contribution >= 0.6 is 11.6 Å². The first kappa shape index (κ1) is 19.2. The van der Waals surface area contributed by atoms with Crippen LogP contribution in [0.25, 0.3) is 0 Å². The molecule has 2 aromatic rings. The Morgan fingerprint density at radius 2 is 1.92 bits per heavy atom. The number of hydrogen-bond donors (Lipinski definition) is 2. The molecule has 0 fully saturated rings. The number of ether oxygens (including phenoxy) is 1. The second kappa shape index (κ2) is 8.82. The number of imide groups is 1. The van der Waals surface area contributed by atoms with Crippen LogP contribution in [-0.2, 0) is 4.79 Å². The summed E-state index contributed by atoms with van der Waals surface area (Å²) in [7, 11) is 0. The molecule has 136 valence electrons. The lowest BCUT2D eigenvalue weighted by Gasteiger charge is -2.19. The van der Waals surface area contributed by atoms with Crippen LogP contribution in [0.5, 0.6) is 5.75 Å². The summed E-state index contributed by atoms with van der Waals surface area (Å²) in [5, 5.41) is 15.4. The number of nitro benzene ring substituents is 1. The van der Waals surface area contributed by atoms with Crippen molar-refractivity contribution in [1.82, 2.24) is 10.6 Å². The number of carbonyl (C=O) groups excluding carboxylic acids is 2. The first-order chi connectivity index (χ1) is 12.4. The van der Waals surface area contributed by atoms with Gasteiger partial charge in [-0.15, -0.1) is 0 Å². The van der Waals surface area contributed by atoms with Crippen LogP contribution in [0.1, 0.15) is 18.6 Å². The lowest BCUT2D eigenvalue weighted by atomic mass is 10.1. The van der Waals surface area contributed by atoms with Gasteiger partial charge in [-0.1, -0.05) is 41.9 Å². The summed E-state index contributed by atoms with van der Waals surface area (Å²) in [4.78, 5) is 34.3. The van der Waals surface area contributed by atoms with Gasteiger partial charge in [0.05, 0.1) is 9.95 Å². The number of rotatable bonds is 6. The van der Waals surface area contributed by atoms with Gasteiger partial charge in [0.15, 0.2) is 0 Å². The van der Waals surface area contributed by atoms with Crippen molar-refractivity contribution in [3.8, 4) is 5.75 Å². The summed E-state index contributed by atoms with van der Waals surface area (Å²) in [6.07, 6.45) is -1.17. The van der Waals surface area contributed by atoms with Crippen molar-refractivity contribution < 1.29 is 19.2 Å². The highest BCUT2D eigenvalue weighted by molar-refractivity contribution is 6.32. The molecule has 0 aliphatic rings. The molecule has 0 aliphatic heterocycles. The Bertz CT molecular complexity index is 813. The molecule has 0 bridgehead atoms. The molecule has 2 rings (SSSR count). The van der Waals surface area contributed by atoms with Crippen LogP contribution < -0.4 is 15.4 Å². The molecule has 2 aromatic carbocycles. The molecular formula is C17H16ClN3O5. The van der Waals surface area contributed by atoms with Crippen LogP contribution in [-0.4, -0.2) is 23.4 Å². The maximum atomic E-state index is 12.5. The van der Waals surface area contributed by atoms with Gasteiger partial charge in [0.25, 0.3) is 11.6 Å². The van der Waals surface area contributed by atoms with Gasteiger partial charge in [0.1, 0.15) is 5.75 Å². The van der Waals surface area contributed by atoms with Gasteiger partial charge in [-0.25, -0.2) is 4.79 Å². The van der Waals surface area contributed by atoms with E-state index in [-0.39, 0.29) is 16.5 Å². The third-order valence-corrected chi connectivity index (χ3v) is 3.58. The molecule has 0 aromatic heterocycles. The average Bonchev–Trinajstić information content (AvgIpc) is 2.61. The first-order valence-corrected chi connectivity index (χ1v) is 8.04. The maximum Gasteiger partial charge on any atom is 0.321 e. The molecule has 26 heavy (non-hydrogen) atoms. The number of benzene rings is 2. The van der Waals surface area contributed by atoms with Crippen molar-refractivity contribution >= 4 is 29.2 Å². The van der Waals surface area contributed by atoms with Crippen molar-refractivity contribution in [2.24, 2.45) is 0 Å². The van der Waals surface area contributed by atoms with Gasteiger partial charge in [0, 0.05) is 24.2 Å². The Balaban J connectivity index is 2.29. The van der Waals surface area contributed by atoms with E-state index in [0.29, 0.717) is 12.1 Å². The van der Waals surface area contributed by atoms with Crippen molar-refractivity contribution in [2.45, 2.75) is 13.0 Å². The van der Waals surface area contributed by atoms with E-state index in [2.05, 4.69) is 10.6 Å². The number of urea groups is 1. The third-order valence-electron chi connectivity index (χ3n) is 3.29. The minimum Gasteiger partial charge on any atom is -0.474 e. The van der Waals surface area contributed by atoms with E-state index >= 15 is 0 Å². The SMILES string of the molecule is CCNC(=O)NC(=O)[C@H](Oc1ccc([N+](=O)[O-])cc1Cl)c1ccccc1. The van der Waals surface area contributed by atoms with E-state index in [4.69, 9.17) is 16.3 Å². The molecule has 0 heterocycles. The highest BCUT2D eigenvalue weighted by Crippen LogP contribution is 2.32. The van der Waals surface area contributed by atoms with E-state index in [0.717, 1.165) is 6.07 Å². The number of non-ortho nitro benzene ring substituents is 1. The van der Waals surface area contributed by atoms with Gasteiger partial charge in [-0.3, -0.25) is 20.2 Å². The fourth-order valence-corrected chi connectivity index (χ4v) is 2.33. The van der Waals surface area contributed by atoms with Crippen LogP contribution in [0, 0.1) is 10.1 Å². The zero-order valence-electron chi connectivity index (χ0n) is 13.8. The summed E-state index contributed by atoms with van der Waals surface area (Å²) in [6, 6.07) is 11.5. The normalized spacial score (nSPS) is 11.3. The van der Waals surface area contributed by atoms with Crippen LogP contribution in [0.15, 0.2) is 48.5 Å². The number of amides is 3. The van der Waals surface area contributed by atoms with Crippen LogP contribution in [0.4, 0.5) is 10.5 Å². The largest absolute Gasteiger partial charge is 0.474 e. The van der Waals surface area contributed by atoms with Gasteiger partial charge in [-0.05, 0) is 13.0 Å². The van der Waals surface area contributed by atoms with Crippen LogP contribution in [0.2, 0.25) is 5.02 Å². The Morgan fingerprint density at radius 1 is 1.23 bits per heavy atom. The summed E-state index contributed by atoms with van der Waals surface area (Å²) >= 11 is 6.02. The molecule has 0 saturated carbocycles. The summed E-state index contributed by atoms with van der Waals surface area (Å²) < 4.78 is 5.66. The Kier molecular flexibility index (Phi) is 6.51. The van der Waals surface area contributed by atoms with Gasteiger partial charge in [0.2, 0.25) is 6.10 Å². The van der Waals surface area contributed by atoms with E-state index in [1.807, 2.05) is 0 Å². The first-order valence-electron chi connectivity index (χ1n) is 7.66. The van der Waals surface area contributed by atoms with Gasteiger partial charge < -0.3 is 10.1 Å². The van der Waals surface area contributed by atoms with E-state index in [9.17, 15) is 19.7 Å². The number of nitrogens with zero attached hydrogens (tertiary/aromatic N) is 1. The van der Waals surface area contributed by atoms with E-state index < -0.39 is 23.0 Å². The molecule has 9 heteroatoms. The monoisotopic (exact) mass is 377 g/mol. The van der Waals surface area contributed by atoms with Crippen molar-refractivity contribution in [3.63, 3.8) is 0 Å². The predicted octanol–water partition coefficient (Wildman–Crippen LogP) is 3.21. The molecule has 0 spiro atoms. The molecule has 0 saturated heterocycles. The van der Waals surface area contributed by atoms with Crippen LogP contribution in [0.3, 0.4) is 0 Å². The average molecular weight is 378 g/mol. The summed E-state index contributed by atoms with van der Waals surface area (Å²) in [6.45, 7) is 2.07. The highest BCUT2D eigenvalue weighted by atomic mass is 35.5. The fourth-order valence-electron chi connectivity index (χ4n) is 2.11. The standard InChI is InChI=1S/C17H16ClN3O5/c1-2-19-17(23)20-16(22)15(11-6-4-3-5-7-11)26-14-9-8-12(21(24)25)10-13(14)18/h3-10,15H,2H2,1H3,(H2,19,20,22,23)/t15-/m1/s1. The quantitative estimate of drug-likeness (QED) is 0.593. The molecule has 0 radical (unpaired) electrons. The Morgan fingerprint density at radius 3 is 2.50 bits per heavy atom. The highest BCUT2D eigenvalue weighted by Gasteiger charge is 2.25. The van der Waals surface area contributed by atoms with Gasteiger partial charge in [-0.2, -0.15) is 0 Å². The lowest BCUT2D eigenvalue weighted by molar-refractivity contribution is -0.384. The molecule has 0 unspecified atom stereocenters. The number of nitro groups is 1. The molecule has 8 nitrogen and oxygen atoms in total. The number of hydrogen-bond acceptors (Lipinski definition) is 5. The lowest BCUT2D eigenvalue weighted by Crippen LogP contribution is -2.42. The zero-order valence-corrected chi connectivity index (χ0v) is 14.5. The predicted molar refractivity (Wildman–Crippen MR) is 95.1 cm³/mol. The number of nitrogens with one attached hydrogen (secondary N) is 2. The molecule has 1 atom stereocenters. The minimum atomic E-state index is -1.17. The molecule has 0 aliphatic carbocycles. The Labute approximate surface area is 154 Å². The molecular weight excluding hydrogens is 362 g/mol.